The summed E-state index contributed by atoms with van der Waals surface area (Å²) in [5.74, 6) is -0.528. The summed E-state index contributed by atoms with van der Waals surface area (Å²) in [5.41, 5.74) is 0.818. The molecule has 0 aliphatic carbocycles. The maximum atomic E-state index is 11.1. The van der Waals surface area contributed by atoms with Gasteiger partial charge in [-0.05, 0) is 31.0 Å². The fourth-order valence-electron chi connectivity index (χ4n) is 2.47. The van der Waals surface area contributed by atoms with E-state index in [4.69, 9.17) is 21.4 Å². The van der Waals surface area contributed by atoms with E-state index in [1.54, 1.807) is 12.1 Å². The Kier molecular flexibility index (Phi) is 4.66. The quantitative estimate of drug-likeness (QED) is 0.871. The lowest BCUT2D eigenvalue weighted by Crippen LogP contribution is -2.23. The summed E-state index contributed by atoms with van der Waals surface area (Å²) in [6.07, 6.45) is 2.25. The number of carboxylic acid groups (broad SMARTS) is 1. The van der Waals surface area contributed by atoms with Gasteiger partial charge in [-0.15, -0.1) is 0 Å². The summed E-state index contributed by atoms with van der Waals surface area (Å²) < 4.78 is 5.62. The molecule has 1 aliphatic rings. The molecule has 1 saturated heterocycles. The van der Waals surface area contributed by atoms with Crippen LogP contribution in [-0.2, 0) is 4.74 Å². The molecule has 2 N–H and O–H groups in total. The molecule has 0 amide bonds. The molecule has 1 aromatic rings. The zero-order valence-electron chi connectivity index (χ0n) is 10.9. The van der Waals surface area contributed by atoms with Crippen LogP contribution in [0.2, 0.25) is 5.02 Å². The van der Waals surface area contributed by atoms with Crippen LogP contribution in [0.3, 0.4) is 0 Å². The largest absolute Gasteiger partial charge is 0.478 e. The highest BCUT2D eigenvalue weighted by atomic mass is 35.5. The second kappa shape index (κ2) is 6.26. The van der Waals surface area contributed by atoms with Gasteiger partial charge in [0.25, 0.3) is 0 Å². The fraction of sp³-hybridized carbons (Fsp3) is 0.500. The first-order valence-corrected chi connectivity index (χ1v) is 6.88. The first kappa shape index (κ1) is 14.2. The topological polar surface area (TPSA) is 58.6 Å². The van der Waals surface area contributed by atoms with E-state index >= 15 is 0 Å². The summed E-state index contributed by atoms with van der Waals surface area (Å²) in [7, 11) is 0. The average molecular weight is 284 g/mol. The van der Waals surface area contributed by atoms with Crippen LogP contribution in [0.25, 0.3) is 0 Å². The van der Waals surface area contributed by atoms with Crippen molar-refractivity contribution in [2.45, 2.75) is 25.9 Å². The number of carbonyl (C=O) groups is 1. The highest BCUT2D eigenvalue weighted by molar-refractivity contribution is 6.31. The van der Waals surface area contributed by atoms with Crippen LogP contribution in [0.15, 0.2) is 18.2 Å². The van der Waals surface area contributed by atoms with E-state index in [1.807, 2.05) is 0 Å². The number of ether oxygens (including phenoxy) is 1. The number of rotatable bonds is 5. The summed E-state index contributed by atoms with van der Waals surface area (Å²) >= 11 is 5.92. The number of aromatic carboxylic acids is 1. The summed E-state index contributed by atoms with van der Waals surface area (Å²) in [6, 6.07) is 4.76. The van der Waals surface area contributed by atoms with Crippen LogP contribution in [0, 0.1) is 5.92 Å². The standard InChI is InChI=1S/C14H18ClNO3/c1-2-13-9(5-6-19-13)8-16-12-7-10(15)3-4-11(12)14(17)18/h3-4,7,9,13,16H,2,5-6,8H2,1H3,(H,17,18). The lowest BCUT2D eigenvalue weighted by Gasteiger charge is -2.18. The summed E-state index contributed by atoms with van der Waals surface area (Å²) in [6.45, 7) is 3.59. The van der Waals surface area contributed by atoms with Gasteiger partial charge in [-0.1, -0.05) is 18.5 Å². The van der Waals surface area contributed by atoms with E-state index < -0.39 is 5.97 Å². The van der Waals surface area contributed by atoms with Crippen molar-refractivity contribution < 1.29 is 14.6 Å². The predicted molar refractivity (Wildman–Crippen MR) is 75.0 cm³/mol. The zero-order valence-corrected chi connectivity index (χ0v) is 11.6. The van der Waals surface area contributed by atoms with Crippen LogP contribution < -0.4 is 5.32 Å². The number of anilines is 1. The van der Waals surface area contributed by atoms with Gasteiger partial charge in [0.1, 0.15) is 0 Å². The number of nitrogens with one attached hydrogen (secondary N) is 1. The number of hydrogen-bond donors (Lipinski definition) is 2. The Hall–Kier alpha value is -1.26. The van der Waals surface area contributed by atoms with E-state index in [0.29, 0.717) is 23.2 Å². The van der Waals surface area contributed by atoms with Crippen molar-refractivity contribution in [3.8, 4) is 0 Å². The molecule has 5 heteroatoms. The second-order valence-corrected chi connectivity index (χ2v) is 5.18. The smallest absolute Gasteiger partial charge is 0.337 e. The number of carboxylic acids is 1. The van der Waals surface area contributed by atoms with Gasteiger partial charge in [0, 0.05) is 24.1 Å². The minimum Gasteiger partial charge on any atom is -0.478 e. The Morgan fingerprint density at radius 1 is 1.58 bits per heavy atom. The monoisotopic (exact) mass is 283 g/mol. The first-order valence-electron chi connectivity index (χ1n) is 6.50. The van der Waals surface area contributed by atoms with Gasteiger partial charge in [0.15, 0.2) is 0 Å². The van der Waals surface area contributed by atoms with Gasteiger partial charge in [0.05, 0.1) is 17.4 Å². The Morgan fingerprint density at radius 3 is 3.05 bits per heavy atom. The van der Waals surface area contributed by atoms with Crippen LogP contribution in [0.4, 0.5) is 5.69 Å². The maximum absolute atomic E-state index is 11.1. The van der Waals surface area contributed by atoms with Crippen molar-refractivity contribution in [2.24, 2.45) is 5.92 Å². The van der Waals surface area contributed by atoms with Crippen LogP contribution in [0.5, 0.6) is 0 Å². The Morgan fingerprint density at radius 2 is 2.37 bits per heavy atom. The van der Waals surface area contributed by atoms with Crippen molar-refractivity contribution in [1.82, 2.24) is 0 Å². The van der Waals surface area contributed by atoms with Crippen molar-refractivity contribution in [3.05, 3.63) is 28.8 Å². The molecule has 0 saturated carbocycles. The highest BCUT2D eigenvalue weighted by Crippen LogP contribution is 2.26. The fourth-order valence-corrected chi connectivity index (χ4v) is 2.64. The molecular formula is C14H18ClNO3. The van der Waals surface area contributed by atoms with Gasteiger partial charge in [0.2, 0.25) is 0 Å². The van der Waals surface area contributed by atoms with Gasteiger partial charge >= 0.3 is 5.97 Å². The van der Waals surface area contributed by atoms with E-state index in [1.165, 1.54) is 6.07 Å². The van der Waals surface area contributed by atoms with E-state index in [0.717, 1.165) is 19.4 Å². The minimum atomic E-state index is -0.950. The molecule has 1 fully saturated rings. The van der Waals surface area contributed by atoms with Crippen molar-refractivity contribution >= 4 is 23.3 Å². The Labute approximate surface area is 117 Å². The molecule has 1 heterocycles. The molecule has 2 unspecified atom stereocenters. The molecule has 2 rings (SSSR count). The van der Waals surface area contributed by atoms with E-state index in [-0.39, 0.29) is 11.7 Å². The van der Waals surface area contributed by atoms with E-state index in [9.17, 15) is 4.79 Å². The van der Waals surface area contributed by atoms with Crippen LogP contribution in [-0.4, -0.2) is 30.3 Å². The van der Waals surface area contributed by atoms with Crippen LogP contribution >= 0.6 is 11.6 Å². The molecular weight excluding hydrogens is 266 g/mol. The molecule has 4 nitrogen and oxygen atoms in total. The molecule has 0 spiro atoms. The third-order valence-electron chi connectivity index (χ3n) is 3.52. The van der Waals surface area contributed by atoms with Crippen molar-refractivity contribution in [3.63, 3.8) is 0 Å². The highest BCUT2D eigenvalue weighted by Gasteiger charge is 2.26. The maximum Gasteiger partial charge on any atom is 0.337 e. The average Bonchev–Trinajstić information content (AvgIpc) is 2.83. The Balaban J connectivity index is 2.06. The van der Waals surface area contributed by atoms with Crippen molar-refractivity contribution in [2.75, 3.05) is 18.5 Å². The molecule has 1 aliphatic heterocycles. The molecule has 1 aromatic carbocycles. The lowest BCUT2D eigenvalue weighted by atomic mass is 9.99. The van der Waals surface area contributed by atoms with E-state index in [2.05, 4.69) is 12.2 Å². The summed E-state index contributed by atoms with van der Waals surface area (Å²) in [4.78, 5) is 11.1. The van der Waals surface area contributed by atoms with Gasteiger partial charge in [-0.25, -0.2) is 4.79 Å². The molecule has 104 valence electrons. The molecule has 19 heavy (non-hydrogen) atoms. The zero-order chi connectivity index (χ0) is 13.8. The summed E-state index contributed by atoms with van der Waals surface area (Å²) in [5, 5.41) is 12.9. The van der Waals surface area contributed by atoms with Crippen molar-refractivity contribution in [1.29, 1.82) is 0 Å². The molecule has 0 aromatic heterocycles. The second-order valence-electron chi connectivity index (χ2n) is 4.74. The predicted octanol–water partition coefficient (Wildman–Crippen LogP) is 3.27. The molecule has 2 atom stereocenters. The third kappa shape index (κ3) is 3.39. The number of hydrogen-bond acceptors (Lipinski definition) is 3. The lowest BCUT2D eigenvalue weighted by molar-refractivity contribution is 0.0698. The molecule has 0 bridgehead atoms. The normalized spacial score (nSPS) is 22.4. The Bertz CT molecular complexity index is 464. The first-order chi connectivity index (χ1) is 9.11. The SMILES string of the molecule is CCC1OCCC1CNc1cc(Cl)ccc1C(=O)O. The molecule has 0 radical (unpaired) electrons. The number of halogens is 1. The minimum absolute atomic E-state index is 0.247. The van der Waals surface area contributed by atoms with Gasteiger partial charge in [-0.2, -0.15) is 0 Å². The van der Waals surface area contributed by atoms with Crippen LogP contribution in [0.1, 0.15) is 30.1 Å². The van der Waals surface area contributed by atoms with Gasteiger partial charge < -0.3 is 15.2 Å². The number of benzene rings is 1. The third-order valence-corrected chi connectivity index (χ3v) is 3.75. The van der Waals surface area contributed by atoms with Gasteiger partial charge in [-0.3, -0.25) is 0 Å².